The summed E-state index contributed by atoms with van der Waals surface area (Å²) in [5, 5.41) is 10.0. The Morgan fingerprint density at radius 2 is 1.88 bits per heavy atom. The smallest absolute Gasteiger partial charge is 0.236 e. The van der Waals surface area contributed by atoms with E-state index in [4.69, 9.17) is 0 Å². The van der Waals surface area contributed by atoms with Crippen LogP contribution in [0.5, 0.6) is 0 Å². The Bertz CT molecular complexity index is 483. The third kappa shape index (κ3) is 1.65. The van der Waals surface area contributed by atoms with Crippen LogP contribution in [0.4, 0.5) is 5.69 Å². The van der Waals surface area contributed by atoms with E-state index in [1.165, 1.54) is 0 Å². The molecule has 0 fully saturated rings. The Labute approximate surface area is 102 Å². The average molecular weight is 233 g/mol. The third-order valence-corrected chi connectivity index (χ3v) is 3.58. The molecule has 3 nitrogen and oxygen atoms in total. The number of anilines is 1. The van der Waals surface area contributed by atoms with Crippen LogP contribution in [0.3, 0.4) is 0 Å². The summed E-state index contributed by atoms with van der Waals surface area (Å²) in [7, 11) is 1.79. The molecule has 1 heterocycles. The predicted octanol–water partition coefficient (Wildman–Crippen LogP) is 2.17. The van der Waals surface area contributed by atoms with Crippen molar-refractivity contribution >= 4 is 11.6 Å². The molecule has 1 aliphatic heterocycles. The minimum Gasteiger partial charge on any atom is -0.386 e. The van der Waals surface area contributed by atoms with E-state index in [0.29, 0.717) is 0 Å². The predicted molar refractivity (Wildman–Crippen MR) is 68.1 cm³/mol. The lowest BCUT2D eigenvalue weighted by Crippen LogP contribution is -2.33. The molecule has 0 spiro atoms. The van der Waals surface area contributed by atoms with Gasteiger partial charge < -0.3 is 10.0 Å². The van der Waals surface area contributed by atoms with Gasteiger partial charge in [-0.1, -0.05) is 6.07 Å². The standard InChI is InChI=1S/C14H19NO2/c1-13(2)10-8-9(14(3,4)17)6-7-11(10)15(5)12(13)16/h6-8,17H,1-5H3. The molecule has 1 aromatic rings. The number of fused-ring (bicyclic) bond motifs is 1. The zero-order valence-electron chi connectivity index (χ0n) is 11.0. The number of amides is 1. The number of rotatable bonds is 1. The van der Waals surface area contributed by atoms with Crippen LogP contribution in [0.2, 0.25) is 0 Å². The topological polar surface area (TPSA) is 40.5 Å². The van der Waals surface area contributed by atoms with Gasteiger partial charge in [0.2, 0.25) is 5.91 Å². The average Bonchev–Trinajstić information content (AvgIpc) is 2.39. The van der Waals surface area contributed by atoms with Gasteiger partial charge in [-0.15, -0.1) is 0 Å². The summed E-state index contributed by atoms with van der Waals surface area (Å²) in [6, 6.07) is 5.73. The van der Waals surface area contributed by atoms with Gasteiger partial charge in [0.05, 0.1) is 11.0 Å². The Kier molecular flexibility index (Phi) is 2.37. The van der Waals surface area contributed by atoms with E-state index in [1.807, 2.05) is 32.0 Å². The second-order valence-electron chi connectivity index (χ2n) is 5.78. The van der Waals surface area contributed by atoms with Crippen molar-refractivity contribution in [2.75, 3.05) is 11.9 Å². The first kappa shape index (κ1) is 12.1. The molecule has 0 radical (unpaired) electrons. The fraction of sp³-hybridized carbons (Fsp3) is 0.500. The SMILES string of the molecule is CN1C(=O)C(C)(C)c2cc(C(C)(C)O)ccc21. The highest BCUT2D eigenvalue weighted by Crippen LogP contribution is 2.42. The van der Waals surface area contributed by atoms with Gasteiger partial charge in [-0.25, -0.2) is 0 Å². The molecule has 1 N–H and O–H groups in total. The van der Waals surface area contributed by atoms with E-state index in [0.717, 1.165) is 16.8 Å². The Morgan fingerprint density at radius 1 is 1.29 bits per heavy atom. The van der Waals surface area contributed by atoms with Crippen LogP contribution in [0.1, 0.15) is 38.8 Å². The molecule has 1 aliphatic rings. The molecule has 1 aromatic carbocycles. The number of hydrogen-bond acceptors (Lipinski definition) is 2. The van der Waals surface area contributed by atoms with E-state index in [1.54, 1.807) is 25.8 Å². The van der Waals surface area contributed by atoms with Crippen molar-refractivity contribution in [3.05, 3.63) is 29.3 Å². The maximum absolute atomic E-state index is 12.1. The maximum atomic E-state index is 12.1. The van der Waals surface area contributed by atoms with Crippen molar-refractivity contribution < 1.29 is 9.90 Å². The van der Waals surface area contributed by atoms with Gasteiger partial charge in [-0.05, 0) is 51.0 Å². The first-order chi connectivity index (χ1) is 7.65. The van der Waals surface area contributed by atoms with Crippen molar-refractivity contribution in [1.82, 2.24) is 0 Å². The lowest BCUT2D eigenvalue weighted by Gasteiger charge is -2.21. The van der Waals surface area contributed by atoms with Crippen LogP contribution < -0.4 is 4.90 Å². The zero-order valence-corrected chi connectivity index (χ0v) is 11.0. The normalized spacial score (nSPS) is 18.5. The van der Waals surface area contributed by atoms with Crippen molar-refractivity contribution in [3.8, 4) is 0 Å². The monoisotopic (exact) mass is 233 g/mol. The van der Waals surface area contributed by atoms with Gasteiger partial charge in [0.25, 0.3) is 0 Å². The van der Waals surface area contributed by atoms with Gasteiger partial charge in [0.15, 0.2) is 0 Å². The van der Waals surface area contributed by atoms with Crippen LogP contribution >= 0.6 is 0 Å². The van der Waals surface area contributed by atoms with E-state index < -0.39 is 11.0 Å². The van der Waals surface area contributed by atoms with Gasteiger partial charge in [-0.3, -0.25) is 4.79 Å². The highest BCUT2D eigenvalue weighted by molar-refractivity contribution is 6.07. The van der Waals surface area contributed by atoms with E-state index in [2.05, 4.69) is 0 Å². The summed E-state index contributed by atoms with van der Waals surface area (Å²) < 4.78 is 0. The molecule has 0 saturated heterocycles. The van der Waals surface area contributed by atoms with E-state index in [-0.39, 0.29) is 5.91 Å². The lowest BCUT2D eigenvalue weighted by molar-refractivity contribution is -0.121. The molecule has 2 rings (SSSR count). The second kappa shape index (κ2) is 3.33. The maximum Gasteiger partial charge on any atom is 0.236 e. The number of benzene rings is 1. The summed E-state index contributed by atoms with van der Waals surface area (Å²) in [5.74, 6) is 0.0976. The highest BCUT2D eigenvalue weighted by Gasteiger charge is 2.42. The van der Waals surface area contributed by atoms with Gasteiger partial charge in [0.1, 0.15) is 0 Å². The van der Waals surface area contributed by atoms with Crippen LogP contribution in [-0.2, 0) is 15.8 Å². The molecule has 92 valence electrons. The number of carbonyl (C=O) groups is 1. The summed E-state index contributed by atoms with van der Waals surface area (Å²) in [4.78, 5) is 13.8. The fourth-order valence-corrected chi connectivity index (χ4v) is 2.35. The quantitative estimate of drug-likeness (QED) is 0.807. The molecule has 0 saturated carbocycles. The highest BCUT2D eigenvalue weighted by atomic mass is 16.3. The molecule has 0 unspecified atom stereocenters. The van der Waals surface area contributed by atoms with Gasteiger partial charge in [-0.2, -0.15) is 0 Å². The largest absolute Gasteiger partial charge is 0.386 e. The summed E-state index contributed by atoms with van der Waals surface area (Å²) in [6.07, 6.45) is 0. The number of nitrogens with zero attached hydrogens (tertiary/aromatic N) is 1. The summed E-state index contributed by atoms with van der Waals surface area (Å²) in [6.45, 7) is 7.35. The van der Waals surface area contributed by atoms with Crippen molar-refractivity contribution in [3.63, 3.8) is 0 Å². The first-order valence-electron chi connectivity index (χ1n) is 5.81. The van der Waals surface area contributed by atoms with Crippen molar-refractivity contribution in [2.24, 2.45) is 0 Å². The molecule has 3 heteroatoms. The van der Waals surface area contributed by atoms with Crippen LogP contribution in [0.15, 0.2) is 18.2 Å². The minimum absolute atomic E-state index is 0.0976. The van der Waals surface area contributed by atoms with Crippen molar-refractivity contribution in [1.29, 1.82) is 0 Å². The number of aliphatic hydroxyl groups is 1. The molecular weight excluding hydrogens is 214 g/mol. The third-order valence-electron chi connectivity index (χ3n) is 3.58. The summed E-state index contributed by atoms with van der Waals surface area (Å²) >= 11 is 0. The molecule has 17 heavy (non-hydrogen) atoms. The minimum atomic E-state index is -0.880. The van der Waals surface area contributed by atoms with Crippen LogP contribution in [0.25, 0.3) is 0 Å². The Balaban J connectivity index is 2.63. The zero-order chi connectivity index (χ0) is 13.0. The number of hydrogen-bond donors (Lipinski definition) is 1. The molecule has 0 atom stereocenters. The number of likely N-dealkylation sites (N-methyl/N-ethyl adjacent to an activating group) is 1. The molecule has 0 aliphatic carbocycles. The van der Waals surface area contributed by atoms with Gasteiger partial charge in [0, 0.05) is 12.7 Å². The summed E-state index contributed by atoms with van der Waals surface area (Å²) in [5.41, 5.74) is 1.38. The Morgan fingerprint density at radius 3 is 2.41 bits per heavy atom. The molecule has 0 bridgehead atoms. The van der Waals surface area contributed by atoms with Gasteiger partial charge >= 0.3 is 0 Å². The lowest BCUT2D eigenvalue weighted by atomic mass is 9.83. The Hall–Kier alpha value is -1.35. The molecular formula is C14H19NO2. The number of carbonyl (C=O) groups excluding carboxylic acids is 1. The first-order valence-corrected chi connectivity index (χ1v) is 5.81. The second-order valence-corrected chi connectivity index (χ2v) is 5.78. The van der Waals surface area contributed by atoms with Crippen molar-refractivity contribution in [2.45, 2.75) is 38.7 Å². The van der Waals surface area contributed by atoms with E-state index in [9.17, 15) is 9.90 Å². The van der Waals surface area contributed by atoms with E-state index >= 15 is 0 Å². The van der Waals surface area contributed by atoms with Crippen LogP contribution in [-0.4, -0.2) is 18.1 Å². The fourth-order valence-electron chi connectivity index (χ4n) is 2.35. The molecule has 1 amide bonds. The molecule has 0 aromatic heterocycles. The van der Waals surface area contributed by atoms with Crippen LogP contribution in [0, 0.1) is 0 Å².